The van der Waals surface area contributed by atoms with Gasteiger partial charge in [-0.05, 0) is 60.9 Å². The number of nitrogens with one attached hydrogen (secondary N) is 1. The molecule has 2 aromatic carbocycles. The summed E-state index contributed by atoms with van der Waals surface area (Å²) >= 11 is 0. The van der Waals surface area contributed by atoms with Gasteiger partial charge in [-0.2, -0.15) is 0 Å². The van der Waals surface area contributed by atoms with Crippen molar-refractivity contribution in [2.75, 3.05) is 6.54 Å². The van der Waals surface area contributed by atoms with Gasteiger partial charge in [0, 0.05) is 6.54 Å². The van der Waals surface area contributed by atoms with Crippen molar-refractivity contribution in [3.8, 4) is 0 Å². The molecule has 20 heavy (non-hydrogen) atoms. The van der Waals surface area contributed by atoms with Crippen LogP contribution in [0.2, 0.25) is 0 Å². The van der Waals surface area contributed by atoms with Crippen LogP contribution in [0.4, 0.5) is 0 Å². The van der Waals surface area contributed by atoms with Crippen molar-refractivity contribution in [3.05, 3.63) is 70.8 Å². The molecule has 0 spiro atoms. The van der Waals surface area contributed by atoms with Crippen LogP contribution < -0.4 is 5.32 Å². The maximum absolute atomic E-state index is 3.54. The van der Waals surface area contributed by atoms with Crippen LogP contribution in [0.1, 0.15) is 41.0 Å². The second-order valence-corrected chi connectivity index (χ2v) is 5.87. The molecule has 0 radical (unpaired) electrons. The van der Waals surface area contributed by atoms with Gasteiger partial charge >= 0.3 is 0 Å². The van der Waals surface area contributed by atoms with Crippen molar-refractivity contribution in [2.24, 2.45) is 0 Å². The third kappa shape index (κ3) is 3.49. The van der Waals surface area contributed by atoms with Gasteiger partial charge in [-0.1, -0.05) is 48.5 Å². The maximum atomic E-state index is 3.54. The summed E-state index contributed by atoms with van der Waals surface area (Å²) in [6, 6.07) is 17.8. The highest BCUT2D eigenvalue weighted by atomic mass is 14.8. The minimum Gasteiger partial charge on any atom is -0.312 e. The summed E-state index contributed by atoms with van der Waals surface area (Å²) in [5.41, 5.74) is 5.75. The topological polar surface area (TPSA) is 12.0 Å². The lowest BCUT2D eigenvalue weighted by Gasteiger charge is -2.08. The molecular formula is C19H23N. The molecule has 0 aromatic heterocycles. The second-order valence-electron chi connectivity index (χ2n) is 5.87. The van der Waals surface area contributed by atoms with Crippen LogP contribution in [0.25, 0.3) is 0 Å². The Kier molecular flexibility index (Phi) is 4.17. The van der Waals surface area contributed by atoms with E-state index in [0.717, 1.165) is 25.4 Å². The molecule has 0 heterocycles. The fourth-order valence-electron chi connectivity index (χ4n) is 2.67. The number of rotatable bonds is 6. The molecule has 0 atom stereocenters. The van der Waals surface area contributed by atoms with E-state index in [1.54, 1.807) is 0 Å². The molecule has 104 valence electrons. The van der Waals surface area contributed by atoms with Gasteiger partial charge in [0.15, 0.2) is 0 Å². The van der Waals surface area contributed by atoms with Crippen molar-refractivity contribution in [1.82, 2.24) is 5.32 Å². The predicted octanol–water partition coefficient (Wildman–Crippen LogP) is 4.20. The molecule has 1 nitrogen and oxygen atoms in total. The van der Waals surface area contributed by atoms with Crippen LogP contribution in [0.3, 0.4) is 0 Å². The van der Waals surface area contributed by atoms with Gasteiger partial charge in [-0.15, -0.1) is 0 Å². The molecule has 3 rings (SSSR count). The molecule has 1 heteroatoms. The first-order valence-corrected chi connectivity index (χ1v) is 7.67. The third-order valence-electron chi connectivity index (χ3n) is 4.19. The first-order chi connectivity index (χ1) is 9.83. The second kappa shape index (κ2) is 6.23. The number of benzene rings is 2. The molecular weight excluding hydrogens is 242 g/mol. The summed E-state index contributed by atoms with van der Waals surface area (Å²) in [7, 11) is 0. The minimum atomic E-state index is 0.859. The standard InChI is InChI=1S/C19H23N/c1-15-4-2-3-5-17(15)12-13-20-14-16-6-8-18(9-7-16)19-10-11-19/h2-9,19-20H,10-14H2,1H3. The van der Waals surface area contributed by atoms with Crippen molar-refractivity contribution in [1.29, 1.82) is 0 Å². The molecule has 1 aliphatic carbocycles. The van der Waals surface area contributed by atoms with E-state index in [1.807, 2.05) is 0 Å². The molecule has 0 saturated heterocycles. The largest absolute Gasteiger partial charge is 0.312 e. The van der Waals surface area contributed by atoms with Crippen LogP contribution in [0.15, 0.2) is 48.5 Å². The molecule has 0 aliphatic heterocycles. The zero-order valence-electron chi connectivity index (χ0n) is 12.2. The third-order valence-corrected chi connectivity index (χ3v) is 4.19. The highest BCUT2D eigenvalue weighted by molar-refractivity contribution is 5.28. The van der Waals surface area contributed by atoms with Crippen molar-refractivity contribution in [3.63, 3.8) is 0 Å². The monoisotopic (exact) mass is 265 g/mol. The zero-order chi connectivity index (χ0) is 13.8. The Labute approximate surface area is 122 Å². The summed E-state index contributed by atoms with van der Waals surface area (Å²) in [5.74, 6) is 0.859. The minimum absolute atomic E-state index is 0.859. The molecule has 1 saturated carbocycles. The first kappa shape index (κ1) is 13.4. The van der Waals surface area contributed by atoms with Crippen molar-refractivity contribution < 1.29 is 0 Å². The molecule has 2 aromatic rings. The molecule has 0 amide bonds. The van der Waals surface area contributed by atoms with Gasteiger partial charge in [-0.25, -0.2) is 0 Å². The quantitative estimate of drug-likeness (QED) is 0.772. The Morgan fingerprint density at radius 3 is 2.45 bits per heavy atom. The fourth-order valence-corrected chi connectivity index (χ4v) is 2.67. The average molecular weight is 265 g/mol. The number of hydrogen-bond donors (Lipinski definition) is 1. The van der Waals surface area contributed by atoms with Crippen LogP contribution in [-0.4, -0.2) is 6.54 Å². The van der Waals surface area contributed by atoms with E-state index in [0.29, 0.717) is 0 Å². The van der Waals surface area contributed by atoms with Gasteiger partial charge < -0.3 is 5.32 Å². The van der Waals surface area contributed by atoms with Crippen LogP contribution >= 0.6 is 0 Å². The van der Waals surface area contributed by atoms with Crippen molar-refractivity contribution >= 4 is 0 Å². The van der Waals surface area contributed by atoms with E-state index in [2.05, 4.69) is 60.8 Å². The number of aryl methyl sites for hydroxylation is 1. The molecule has 1 aliphatic rings. The lowest BCUT2D eigenvalue weighted by atomic mass is 10.1. The Hall–Kier alpha value is -1.60. The van der Waals surface area contributed by atoms with E-state index in [4.69, 9.17) is 0 Å². The Bertz CT molecular complexity index is 552. The van der Waals surface area contributed by atoms with Gasteiger partial charge in [0.1, 0.15) is 0 Å². The molecule has 1 fully saturated rings. The highest BCUT2D eigenvalue weighted by Crippen LogP contribution is 2.39. The Balaban J connectivity index is 1.44. The first-order valence-electron chi connectivity index (χ1n) is 7.67. The smallest absolute Gasteiger partial charge is 0.0205 e. The lowest BCUT2D eigenvalue weighted by Crippen LogP contribution is -2.17. The van der Waals surface area contributed by atoms with E-state index in [-0.39, 0.29) is 0 Å². The highest BCUT2D eigenvalue weighted by Gasteiger charge is 2.22. The fraction of sp³-hybridized carbons (Fsp3) is 0.368. The predicted molar refractivity (Wildman–Crippen MR) is 85.0 cm³/mol. The molecule has 0 unspecified atom stereocenters. The van der Waals surface area contributed by atoms with Gasteiger partial charge in [0.2, 0.25) is 0 Å². The Morgan fingerprint density at radius 2 is 1.75 bits per heavy atom. The van der Waals surface area contributed by atoms with E-state index < -0.39 is 0 Å². The van der Waals surface area contributed by atoms with Crippen LogP contribution in [0.5, 0.6) is 0 Å². The number of hydrogen-bond acceptors (Lipinski definition) is 1. The van der Waals surface area contributed by atoms with Gasteiger partial charge in [-0.3, -0.25) is 0 Å². The van der Waals surface area contributed by atoms with Gasteiger partial charge in [0.25, 0.3) is 0 Å². The summed E-state index contributed by atoms with van der Waals surface area (Å²) in [4.78, 5) is 0. The Morgan fingerprint density at radius 1 is 1.00 bits per heavy atom. The van der Waals surface area contributed by atoms with Crippen LogP contribution in [-0.2, 0) is 13.0 Å². The van der Waals surface area contributed by atoms with Gasteiger partial charge in [0.05, 0.1) is 0 Å². The van der Waals surface area contributed by atoms with Crippen molar-refractivity contribution in [2.45, 2.75) is 38.6 Å². The zero-order valence-corrected chi connectivity index (χ0v) is 12.2. The van der Waals surface area contributed by atoms with Crippen LogP contribution in [0, 0.1) is 6.92 Å². The molecule has 0 bridgehead atoms. The summed E-state index contributed by atoms with van der Waals surface area (Å²) < 4.78 is 0. The summed E-state index contributed by atoms with van der Waals surface area (Å²) in [6.07, 6.45) is 3.87. The van der Waals surface area contributed by atoms with E-state index >= 15 is 0 Å². The maximum Gasteiger partial charge on any atom is 0.0205 e. The summed E-state index contributed by atoms with van der Waals surface area (Å²) in [6.45, 7) is 4.19. The lowest BCUT2D eigenvalue weighted by molar-refractivity contribution is 0.685. The summed E-state index contributed by atoms with van der Waals surface area (Å²) in [5, 5.41) is 3.54. The van der Waals surface area contributed by atoms with E-state index in [9.17, 15) is 0 Å². The average Bonchev–Trinajstić information content (AvgIpc) is 3.31. The molecule has 1 N–H and O–H groups in total. The van der Waals surface area contributed by atoms with E-state index in [1.165, 1.54) is 35.1 Å². The normalized spacial score (nSPS) is 14.4. The SMILES string of the molecule is Cc1ccccc1CCNCc1ccc(C2CC2)cc1.